The van der Waals surface area contributed by atoms with Gasteiger partial charge in [0.05, 0.1) is 6.61 Å². The molecule has 0 radical (unpaired) electrons. The molecule has 8 heteroatoms. The lowest BCUT2D eigenvalue weighted by molar-refractivity contribution is -0.132. The zero-order valence-corrected chi connectivity index (χ0v) is 13.6. The van der Waals surface area contributed by atoms with E-state index in [0.717, 1.165) is 12.1 Å². The highest BCUT2D eigenvalue weighted by Gasteiger charge is 2.24. The van der Waals surface area contributed by atoms with Crippen molar-refractivity contribution in [3.05, 3.63) is 29.8 Å². The second-order valence-corrected chi connectivity index (χ2v) is 5.37. The average molecular weight is 341 g/mol. The van der Waals surface area contributed by atoms with Gasteiger partial charge in [-0.25, -0.2) is 13.6 Å². The van der Waals surface area contributed by atoms with Crippen molar-refractivity contribution < 1.29 is 23.1 Å². The molecule has 0 atom stereocenters. The van der Waals surface area contributed by atoms with Crippen molar-refractivity contribution in [1.29, 1.82) is 0 Å². The Labute approximate surface area is 139 Å². The molecule has 0 saturated carbocycles. The van der Waals surface area contributed by atoms with Crippen LogP contribution in [-0.2, 0) is 9.53 Å². The normalized spacial score (nSPS) is 14.5. The molecule has 0 bridgehead atoms. The van der Waals surface area contributed by atoms with Gasteiger partial charge in [0, 0.05) is 44.8 Å². The minimum absolute atomic E-state index is 0.0476. The van der Waals surface area contributed by atoms with Crippen LogP contribution in [0.2, 0.25) is 0 Å². The molecule has 1 aliphatic heterocycles. The van der Waals surface area contributed by atoms with Crippen molar-refractivity contribution in [3.8, 4) is 0 Å². The molecule has 0 spiro atoms. The largest absolute Gasteiger partial charge is 0.450 e. The van der Waals surface area contributed by atoms with Crippen molar-refractivity contribution in [2.45, 2.75) is 13.3 Å². The van der Waals surface area contributed by atoms with Crippen molar-refractivity contribution in [3.63, 3.8) is 0 Å². The summed E-state index contributed by atoms with van der Waals surface area (Å²) >= 11 is 0. The number of hydrogen-bond acceptors (Lipinski definition) is 4. The second-order valence-electron chi connectivity index (χ2n) is 5.37. The number of anilines is 1. The van der Waals surface area contributed by atoms with E-state index in [4.69, 9.17) is 4.74 Å². The topological polar surface area (TPSA) is 61.9 Å². The number of nitrogens with zero attached hydrogens (tertiary/aromatic N) is 2. The molecule has 1 aromatic carbocycles. The van der Waals surface area contributed by atoms with Gasteiger partial charge >= 0.3 is 6.09 Å². The molecular weight excluding hydrogens is 320 g/mol. The first kappa shape index (κ1) is 18.0. The smallest absolute Gasteiger partial charge is 0.409 e. The highest BCUT2D eigenvalue weighted by molar-refractivity contribution is 5.77. The Kier molecular flexibility index (Phi) is 6.34. The second kappa shape index (κ2) is 8.47. The van der Waals surface area contributed by atoms with Gasteiger partial charge in [-0.15, -0.1) is 0 Å². The zero-order chi connectivity index (χ0) is 17.5. The molecule has 0 aromatic heterocycles. The first-order chi connectivity index (χ1) is 11.5. The Morgan fingerprint density at radius 1 is 1.12 bits per heavy atom. The number of benzene rings is 1. The van der Waals surface area contributed by atoms with Crippen molar-refractivity contribution in [2.24, 2.45) is 0 Å². The van der Waals surface area contributed by atoms with Crippen LogP contribution < -0.4 is 5.32 Å². The fourth-order valence-electron chi connectivity index (χ4n) is 2.43. The molecule has 1 fully saturated rings. The number of ether oxygens (including phenoxy) is 1. The Hall–Kier alpha value is -2.38. The van der Waals surface area contributed by atoms with E-state index < -0.39 is 11.6 Å². The molecule has 1 N–H and O–H groups in total. The molecule has 132 valence electrons. The van der Waals surface area contributed by atoms with Crippen LogP contribution in [0.3, 0.4) is 0 Å². The number of carbonyl (C=O) groups is 2. The van der Waals surface area contributed by atoms with Crippen LogP contribution in [0, 0.1) is 11.6 Å². The van der Waals surface area contributed by atoms with Gasteiger partial charge in [-0.05, 0) is 25.1 Å². The molecule has 2 rings (SSSR count). The van der Waals surface area contributed by atoms with Gasteiger partial charge in [0.25, 0.3) is 0 Å². The predicted molar refractivity (Wildman–Crippen MR) is 84.6 cm³/mol. The Morgan fingerprint density at radius 2 is 1.79 bits per heavy atom. The highest BCUT2D eigenvalue weighted by atomic mass is 19.2. The monoisotopic (exact) mass is 341 g/mol. The lowest BCUT2D eigenvalue weighted by Crippen LogP contribution is -2.50. The van der Waals surface area contributed by atoms with Crippen LogP contribution in [0.15, 0.2) is 18.2 Å². The molecule has 1 aliphatic rings. The molecule has 1 heterocycles. The van der Waals surface area contributed by atoms with Gasteiger partial charge < -0.3 is 19.9 Å². The molecule has 6 nitrogen and oxygen atoms in total. The summed E-state index contributed by atoms with van der Waals surface area (Å²) in [6.45, 7) is 4.21. The summed E-state index contributed by atoms with van der Waals surface area (Å²) in [6.07, 6.45) is -0.122. The molecule has 0 aliphatic carbocycles. The lowest BCUT2D eigenvalue weighted by Gasteiger charge is -2.34. The van der Waals surface area contributed by atoms with E-state index >= 15 is 0 Å². The Bertz CT molecular complexity index is 590. The molecular formula is C16H21F2N3O3. The third-order valence-electron chi connectivity index (χ3n) is 3.75. The average Bonchev–Trinajstić information content (AvgIpc) is 2.58. The third kappa shape index (κ3) is 4.81. The van der Waals surface area contributed by atoms with E-state index in [1.54, 1.807) is 16.7 Å². The maximum atomic E-state index is 13.1. The highest BCUT2D eigenvalue weighted by Crippen LogP contribution is 2.13. The summed E-state index contributed by atoms with van der Waals surface area (Å²) < 4.78 is 30.8. The van der Waals surface area contributed by atoms with E-state index in [0.29, 0.717) is 45.0 Å². The maximum Gasteiger partial charge on any atom is 0.409 e. The standard InChI is InChI=1S/C16H21F2N3O3/c1-2-24-16(23)21-9-7-20(8-10-21)15(22)5-6-19-12-3-4-13(17)14(18)11-12/h3-4,11,19H,2,5-10H2,1H3. The van der Waals surface area contributed by atoms with Crippen molar-refractivity contribution >= 4 is 17.7 Å². The molecule has 0 unspecified atom stereocenters. The van der Waals surface area contributed by atoms with Gasteiger partial charge in [-0.2, -0.15) is 0 Å². The van der Waals surface area contributed by atoms with Gasteiger partial charge in [0.1, 0.15) is 0 Å². The minimum Gasteiger partial charge on any atom is -0.450 e. The lowest BCUT2D eigenvalue weighted by atomic mass is 10.2. The predicted octanol–water partition coefficient (Wildman–Crippen LogP) is 2.07. The minimum atomic E-state index is -0.929. The molecule has 1 aromatic rings. The number of amides is 2. The fraction of sp³-hybridized carbons (Fsp3) is 0.500. The quantitative estimate of drug-likeness (QED) is 0.891. The molecule has 1 saturated heterocycles. The number of piperazine rings is 1. The number of nitrogens with one attached hydrogen (secondary N) is 1. The number of halogens is 2. The summed E-state index contributed by atoms with van der Waals surface area (Å²) in [5.74, 6) is -1.88. The van der Waals surface area contributed by atoms with E-state index in [1.165, 1.54) is 6.07 Å². The number of hydrogen-bond donors (Lipinski definition) is 1. The van der Waals surface area contributed by atoms with Crippen molar-refractivity contribution in [2.75, 3.05) is 44.6 Å². The Morgan fingerprint density at radius 3 is 2.42 bits per heavy atom. The maximum absolute atomic E-state index is 13.1. The summed E-state index contributed by atoms with van der Waals surface area (Å²) in [5.41, 5.74) is 0.425. The van der Waals surface area contributed by atoms with Gasteiger partial charge in [-0.1, -0.05) is 0 Å². The molecule has 24 heavy (non-hydrogen) atoms. The van der Waals surface area contributed by atoms with Crippen LogP contribution in [0.25, 0.3) is 0 Å². The summed E-state index contributed by atoms with van der Waals surface area (Å²) in [4.78, 5) is 27.0. The zero-order valence-electron chi connectivity index (χ0n) is 13.6. The van der Waals surface area contributed by atoms with E-state index in [1.807, 2.05) is 0 Å². The third-order valence-corrected chi connectivity index (χ3v) is 3.75. The van der Waals surface area contributed by atoms with Gasteiger partial charge in [0.2, 0.25) is 5.91 Å². The van der Waals surface area contributed by atoms with Crippen LogP contribution in [0.4, 0.5) is 19.3 Å². The van der Waals surface area contributed by atoms with Crippen molar-refractivity contribution in [1.82, 2.24) is 9.80 Å². The fourth-order valence-corrected chi connectivity index (χ4v) is 2.43. The number of rotatable bonds is 5. The summed E-state index contributed by atoms with van der Waals surface area (Å²) in [5, 5.41) is 2.89. The first-order valence-corrected chi connectivity index (χ1v) is 7.89. The van der Waals surface area contributed by atoms with Gasteiger partial charge in [-0.3, -0.25) is 4.79 Å². The van der Waals surface area contributed by atoms with E-state index in [2.05, 4.69) is 5.32 Å². The summed E-state index contributed by atoms with van der Waals surface area (Å²) in [6, 6.07) is 3.51. The molecule has 2 amide bonds. The van der Waals surface area contributed by atoms with E-state index in [-0.39, 0.29) is 18.4 Å². The summed E-state index contributed by atoms with van der Waals surface area (Å²) in [7, 11) is 0. The van der Waals surface area contributed by atoms with Crippen LogP contribution in [0.1, 0.15) is 13.3 Å². The first-order valence-electron chi connectivity index (χ1n) is 7.89. The van der Waals surface area contributed by atoms with E-state index in [9.17, 15) is 18.4 Å². The van der Waals surface area contributed by atoms with Crippen LogP contribution in [0.5, 0.6) is 0 Å². The van der Waals surface area contributed by atoms with Crippen LogP contribution in [-0.4, -0.2) is 61.1 Å². The van der Waals surface area contributed by atoms with Crippen LogP contribution >= 0.6 is 0 Å². The Balaban J connectivity index is 1.72. The number of carbonyl (C=O) groups excluding carboxylic acids is 2. The van der Waals surface area contributed by atoms with Gasteiger partial charge in [0.15, 0.2) is 11.6 Å². The SMILES string of the molecule is CCOC(=O)N1CCN(C(=O)CCNc2ccc(F)c(F)c2)CC1.